The molecule has 1 saturated heterocycles. The standard InChI is InChI=1S/C46H85O14P/c1-4-5-20-26-38(48)30-31-43-41(42(50)32-46(53)60-43)27-22-18-19-23-28-44(51)56-35-40(36-58-61(54,55)57-34-39(49)33-47)59-45(52)29-24-17-15-13-11-9-7-6-8-10-12-14-16-21-25-37(2)3/h18,22,30-31,37-43,46-50,53H,4-17,19-21,23-29,32-36H2,1-3H3,(H,54,55)/b22-18-,31-30+/t38-,39-,40+,41-,42-,43+,46?/m0/s1. The van der Waals surface area contributed by atoms with Gasteiger partial charge in [0.1, 0.15) is 12.7 Å². The van der Waals surface area contributed by atoms with Crippen LogP contribution in [0.3, 0.4) is 0 Å². The van der Waals surface area contributed by atoms with E-state index in [1.54, 1.807) is 12.2 Å². The number of aliphatic hydroxyl groups is 5. The van der Waals surface area contributed by atoms with Crippen molar-refractivity contribution in [1.29, 1.82) is 0 Å². The van der Waals surface area contributed by atoms with Crippen LogP contribution in [0.2, 0.25) is 0 Å². The second-order valence-electron chi connectivity index (χ2n) is 17.1. The second-order valence-corrected chi connectivity index (χ2v) is 18.6. The van der Waals surface area contributed by atoms with Gasteiger partial charge in [-0.2, -0.15) is 0 Å². The Morgan fingerprint density at radius 2 is 1.33 bits per heavy atom. The highest BCUT2D eigenvalue weighted by molar-refractivity contribution is 7.47. The Hall–Kier alpha value is -1.71. The molecular weight excluding hydrogens is 807 g/mol. The molecule has 0 aromatic heterocycles. The van der Waals surface area contributed by atoms with Crippen LogP contribution in [0.1, 0.15) is 181 Å². The molecule has 6 N–H and O–H groups in total. The number of ether oxygens (including phenoxy) is 3. The van der Waals surface area contributed by atoms with E-state index in [0.29, 0.717) is 32.1 Å². The number of phosphoric ester groups is 1. The Bertz CT molecular complexity index is 1200. The number of carbonyl (C=O) groups excluding carboxylic acids is 2. The number of carbonyl (C=O) groups is 2. The van der Waals surface area contributed by atoms with Crippen molar-refractivity contribution in [1.82, 2.24) is 0 Å². The molecule has 8 atom stereocenters. The zero-order valence-electron chi connectivity index (χ0n) is 37.8. The van der Waals surface area contributed by atoms with Gasteiger partial charge in [-0.1, -0.05) is 154 Å². The van der Waals surface area contributed by atoms with Crippen LogP contribution in [0.15, 0.2) is 24.3 Å². The maximum Gasteiger partial charge on any atom is 0.472 e. The lowest BCUT2D eigenvalue weighted by Gasteiger charge is -2.36. The molecule has 0 aliphatic carbocycles. The van der Waals surface area contributed by atoms with E-state index in [1.165, 1.54) is 70.6 Å². The van der Waals surface area contributed by atoms with Gasteiger partial charge in [0.05, 0.1) is 38.1 Å². The van der Waals surface area contributed by atoms with Crippen molar-refractivity contribution < 1.29 is 67.8 Å². The Balaban J connectivity index is 2.45. The van der Waals surface area contributed by atoms with Crippen LogP contribution in [0.4, 0.5) is 0 Å². The maximum absolute atomic E-state index is 12.7. The number of phosphoric acid groups is 1. The van der Waals surface area contributed by atoms with Gasteiger partial charge in [0.25, 0.3) is 0 Å². The Morgan fingerprint density at radius 3 is 1.93 bits per heavy atom. The molecule has 1 aliphatic rings. The van der Waals surface area contributed by atoms with Crippen LogP contribution in [-0.2, 0) is 37.4 Å². The van der Waals surface area contributed by atoms with E-state index < -0.39 is 83.0 Å². The molecular formula is C46H85O14P. The van der Waals surface area contributed by atoms with Crippen molar-refractivity contribution in [2.75, 3.05) is 26.4 Å². The summed E-state index contributed by atoms with van der Waals surface area (Å²) < 4.78 is 38.4. The van der Waals surface area contributed by atoms with Gasteiger partial charge in [0.2, 0.25) is 0 Å². The van der Waals surface area contributed by atoms with Crippen molar-refractivity contribution in [2.24, 2.45) is 11.8 Å². The van der Waals surface area contributed by atoms with Gasteiger partial charge in [0.15, 0.2) is 12.4 Å². The number of unbranched alkanes of at least 4 members (excludes halogenated alkanes) is 16. The lowest BCUT2D eigenvalue weighted by Crippen LogP contribution is -2.43. The number of hydrogen-bond donors (Lipinski definition) is 6. The fraction of sp³-hybridized carbons (Fsp3) is 0.870. The van der Waals surface area contributed by atoms with E-state index in [1.807, 2.05) is 12.2 Å². The molecule has 0 amide bonds. The minimum absolute atomic E-state index is 0.0494. The first-order chi connectivity index (χ1) is 29.3. The summed E-state index contributed by atoms with van der Waals surface area (Å²) in [6, 6.07) is 0. The van der Waals surface area contributed by atoms with Gasteiger partial charge in [-0.3, -0.25) is 18.6 Å². The van der Waals surface area contributed by atoms with Gasteiger partial charge >= 0.3 is 19.8 Å². The normalized spacial score (nSPS) is 20.9. The second kappa shape index (κ2) is 36.6. The van der Waals surface area contributed by atoms with Gasteiger partial charge in [-0.15, -0.1) is 0 Å². The van der Waals surface area contributed by atoms with Crippen molar-refractivity contribution >= 4 is 19.8 Å². The molecule has 0 spiro atoms. The van der Waals surface area contributed by atoms with Gasteiger partial charge in [-0.25, -0.2) is 4.57 Å². The Labute approximate surface area is 367 Å². The highest BCUT2D eigenvalue weighted by Crippen LogP contribution is 2.43. The highest BCUT2D eigenvalue weighted by Gasteiger charge is 2.35. The van der Waals surface area contributed by atoms with Crippen LogP contribution >= 0.6 is 7.82 Å². The average molecular weight is 893 g/mol. The number of rotatable bonds is 39. The monoisotopic (exact) mass is 893 g/mol. The van der Waals surface area contributed by atoms with Gasteiger partial charge < -0.3 is 44.6 Å². The summed E-state index contributed by atoms with van der Waals surface area (Å²) >= 11 is 0. The predicted molar refractivity (Wildman–Crippen MR) is 236 cm³/mol. The van der Waals surface area contributed by atoms with Crippen LogP contribution in [0, 0.1) is 11.8 Å². The lowest BCUT2D eigenvalue weighted by molar-refractivity contribution is -0.199. The molecule has 2 unspecified atom stereocenters. The van der Waals surface area contributed by atoms with Crippen LogP contribution < -0.4 is 0 Å². The minimum atomic E-state index is -4.69. The molecule has 0 radical (unpaired) electrons. The molecule has 0 aromatic carbocycles. The van der Waals surface area contributed by atoms with Crippen molar-refractivity contribution in [3.63, 3.8) is 0 Å². The summed E-state index contributed by atoms with van der Waals surface area (Å²) in [5.41, 5.74) is 0. The summed E-state index contributed by atoms with van der Waals surface area (Å²) in [6.07, 6.45) is 24.8. The first-order valence-corrected chi connectivity index (χ1v) is 25.0. The van der Waals surface area contributed by atoms with E-state index in [0.717, 1.165) is 44.4 Å². The number of hydrogen-bond acceptors (Lipinski definition) is 13. The van der Waals surface area contributed by atoms with E-state index in [9.17, 15) is 39.5 Å². The number of allylic oxidation sites excluding steroid dienone is 2. The summed E-state index contributed by atoms with van der Waals surface area (Å²) in [6.45, 7) is 4.31. The first-order valence-electron chi connectivity index (χ1n) is 23.5. The number of aliphatic hydroxyl groups excluding tert-OH is 5. The lowest BCUT2D eigenvalue weighted by atomic mass is 9.87. The molecule has 1 rings (SSSR count). The molecule has 14 nitrogen and oxygen atoms in total. The third-order valence-electron chi connectivity index (χ3n) is 10.8. The summed E-state index contributed by atoms with van der Waals surface area (Å²) in [7, 11) is -4.69. The Morgan fingerprint density at radius 1 is 0.754 bits per heavy atom. The quantitative estimate of drug-likeness (QED) is 0.0148. The molecule has 15 heteroatoms. The number of esters is 2. The van der Waals surface area contributed by atoms with E-state index in [2.05, 4.69) is 25.3 Å². The molecule has 1 fully saturated rings. The summed E-state index contributed by atoms with van der Waals surface area (Å²) in [5.74, 6) is -0.633. The molecule has 1 heterocycles. The third kappa shape index (κ3) is 32.6. The predicted octanol–water partition coefficient (Wildman–Crippen LogP) is 8.52. The topological polar surface area (TPSA) is 219 Å². The zero-order valence-corrected chi connectivity index (χ0v) is 38.7. The maximum atomic E-state index is 12.7. The van der Waals surface area contributed by atoms with Crippen LogP contribution in [0.25, 0.3) is 0 Å². The summed E-state index contributed by atoms with van der Waals surface area (Å²) in [4.78, 5) is 35.3. The molecule has 1 aliphatic heterocycles. The van der Waals surface area contributed by atoms with Crippen molar-refractivity contribution in [3.05, 3.63) is 24.3 Å². The Kier molecular flexibility index (Phi) is 34.4. The molecule has 0 aromatic rings. The first kappa shape index (κ1) is 57.3. The third-order valence-corrected chi connectivity index (χ3v) is 11.8. The average Bonchev–Trinajstić information content (AvgIpc) is 3.21. The fourth-order valence-electron chi connectivity index (χ4n) is 7.10. The molecule has 0 saturated carbocycles. The molecule has 0 bridgehead atoms. The van der Waals surface area contributed by atoms with E-state index in [-0.39, 0.29) is 25.2 Å². The molecule has 358 valence electrons. The highest BCUT2D eigenvalue weighted by atomic mass is 31.2. The van der Waals surface area contributed by atoms with Crippen LogP contribution in [0.5, 0.6) is 0 Å². The smallest absolute Gasteiger partial charge is 0.462 e. The summed E-state index contributed by atoms with van der Waals surface area (Å²) in [5, 5.41) is 49.4. The zero-order chi connectivity index (χ0) is 45.1. The SMILES string of the molecule is CCCCC[C@H](O)/C=C/[C@H]1OC(O)C[C@H](O)[C@@H]1C/C=C\CCCC(=O)OC[C@H](COP(=O)(O)OC[C@@H](O)CO)OC(=O)CCCCCCCCCCCCCCCCC(C)C. The largest absolute Gasteiger partial charge is 0.472 e. The van der Waals surface area contributed by atoms with Crippen LogP contribution in [-0.4, -0.2) is 106 Å². The van der Waals surface area contributed by atoms with Gasteiger partial charge in [0, 0.05) is 25.2 Å². The van der Waals surface area contributed by atoms with E-state index in [4.69, 9.17) is 23.8 Å². The minimum Gasteiger partial charge on any atom is -0.462 e. The fourth-order valence-corrected chi connectivity index (χ4v) is 7.89. The van der Waals surface area contributed by atoms with Gasteiger partial charge in [-0.05, 0) is 38.0 Å². The molecule has 61 heavy (non-hydrogen) atoms. The van der Waals surface area contributed by atoms with Crippen molar-refractivity contribution in [2.45, 2.75) is 218 Å². The van der Waals surface area contributed by atoms with E-state index >= 15 is 0 Å². The van der Waals surface area contributed by atoms with Crippen molar-refractivity contribution in [3.8, 4) is 0 Å².